The highest BCUT2D eigenvalue weighted by molar-refractivity contribution is 5.73. The quantitative estimate of drug-likeness (QED) is 0.775. The first-order valence-corrected chi connectivity index (χ1v) is 12.4. The normalized spacial score (nSPS) is 20.9. The van der Waals surface area contributed by atoms with Gasteiger partial charge in [0, 0.05) is 77.5 Å². The van der Waals surface area contributed by atoms with Crippen molar-refractivity contribution in [2.75, 3.05) is 50.5 Å². The maximum atomic E-state index is 11.9. The number of piperidine rings is 1. The third-order valence-corrected chi connectivity index (χ3v) is 7.53. The summed E-state index contributed by atoms with van der Waals surface area (Å²) in [6.45, 7) is 7.20. The van der Waals surface area contributed by atoms with Crippen molar-refractivity contribution in [1.29, 1.82) is 0 Å². The van der Waals surface area contributed by atoms with E-state index in [1.54, 1.807) is 6.92 Å². The Bertz CT molecular complexity index is 1040. The van der Waals surface area contributed by atoms with E-state index in [-0.39, 0.29) is 11.8 Å². The van der Waals surface area contributed by atoms with Crippen molar-refractivity contribution >= 4 is 17.4 Å². The maximum Gasteiger partial charge on any atom is 0.219 e. The van der Waals surface area contributed by atoms with E-state index < -0.39 is 0 Å². The molecule has 2 aromatic rings. The molecule has 1 atom stereocenters. The number of benzene rings is 1. The minimum Gasteiger partial charge on any atom is -0.374 e. The molecule has 0 radical (unpaired) electrons. The van der Waals surface area contributed by atoms with Gasteiger partial charge in [0.25, 0.3) is 0 Å². The minimum absolute atomic E-state index is 0.147. The molecule has 1 saturated heterocycles. The molecule has 0 aliphatic carbocycles. The van der Waals surface area contributed by atoms with Crippen LogP contribution in [0.1, 0.15) is 60.3 Å². The van der Waals surface area contributed by atoms with Crippen LogP contribution in [0.2, 0.25) is 0 Å². The predicted octanol–water partition coefficient (Wildman–Crippen LogP) is 3.18. The van der Waals surface area contributed by atoms with Crippen LogP contribution in [0.3, 0.4) is 0 Å². The van der Waals surface area contributed by atoms with E-state index in [4.69, 9.17) is 9.97 Å². The van der Waals surface area contributed by atoms with Gasteiger partial charge in [-0.2, -0.15) is 0 Å². The topological polar surface area (TPSA) is 64.6 Å². The standard InChI is InChI=1S/C26H36N6O/c1-18(33)32-12-5-7-21(16-32)25-28-23-17-31(13-10-22(23)26(27-2)29-25)15-19-8-9-24-20(14-19)6-4-11-30(24)3/h8-9,14,21H,4-7,10-13,15-17H2,1-3H3,(H,27,28,29). The lowest BCUT2D eigenvalue weighted by molar-refractivity contribution is -0.130. The number of fused-ring (bicyclic) bond motifs is 2. The van der Waals surface area contributed by atoms with E-state index in [1.165, 1.54) is 35.2 Å². The molecule has 0 bridgehead atoms. The summed E-state index contributed by atoms with van der Waals surface area (Å²) < 4.78 is 0. The molecule has 0 saturated carbocycles. The van der Waals surface area contributed by atoms with E-state index in [0.717, 1.165) is 75.9 Å². The summed E-state index contributed by atoms with van der Waals surface area (Å²) in [5.74, 6) is 2.22. The summed E-state index contributed by atoms with van der Waals surface area (Å²) in [5, 5.41) is 3.32. The van der Waals surface area contributed by atoms with Crippen LogP contribution < -0.4 is 10.2 Å². The van der Waals surface area contributed by atoms with Crippen molar-refractivity contribution in [2.45, 2.75) is 58.0 Å². The average Bonchev–Trinajstić information content (AvgIpc) is 2.83. The van der Waals surface area contributed by atoms with Gasteiger partial charge in [0.2, 0.25) is 5.91 Å². The Hall–Kier alpha value is -2.67. The van der Waals surface area contributed by atoms with Crippen molar-refractivity contribution in [3.05, 3.63) is 46.4 Å². The molecule has 7 nitrogen and oxygen atoms in total. The van der Waals surface area contributed by atoms with Crippen LogP contribution in [-0.2, 0) is 30.7 Å². The van der Waals surface area contributed by atoms with Crippen LogP contribution in [0.4, 0.5) is 11.5 Å². The number of likely N-dealkylation sites (tertiary alicyclic amines) is 1. The van der Waals surface area contributed by atoms with E-state index in [9.17, 15) is 4.79 Å². The van der Waals surface area contributed by atoms with Gasteiger partial charge in [-0.05, 0) is 49.3 Å². The highest BCUT2D eigenvalue weighted by Gasteiger charge is 2.28. The molecular formula is C26H36N6O. The Morgan fingerprint density at radius 3 is 2.85 bits per heavy atom. The maximum absolute atomic E-state index is 11.9. The molecule has 1 aromatic carbocycles. The van der Waals surface area contributed by atoms with E-state index in [1.807, 2.05) is 11.9 Å². The fraction of sp³-hybridized carbons (Fsp3) is 0.577. The molecule has 3 aliphatic rings. The first-order valence-electron chi connectivity index (χ1n) is 12.4. The second-order valence-electron chi connectivity index (χ2n) is 9.86. The van der Waals surface area contributed by atoms with Gasteiger partial charge in [-0.3, -0.25) is 9.69 Å². The molecule has 1 N–H and O–H groups in total. The van der Waals surface area contributed by atoms with Gasteiger partial charge < -0.3 is 15.1 Å². The van der Waals surface area contributed by atoms with E-state index in [0.29, 0.717) is 0 Å². The number of rotatable bonds is 4. The summed E-state index contributed by atoms with van der Waals surface area (Å²) >= 11 is 0. The number of nitrogens with zero attached hydrogens (tertiary/aromatic N) is 5. The molecule has 1 amide bonds. The first-order chi connectivity index (χ1) is 16.0. The second-order valence-corrected chi connectivity index (χ2v) is 9.86. The third kappa shape index (κ3) is 4.56. The van der Waals surface area contributed by atoms with Gasteiger partial charge in [0.1, 0.15) is 11.6 Å². The van der Waals surface area contributed by atoms with Crippen LogP contribution >= 0.6 is 0 Å². The molecule has 0 spiro atoms. The average molecular weight is 449 g/mol. The minimum atomic E-state index is 0.147. The van der Waals surface area contributed by atoms with Gasteiger partial charge in [-0.25, -0.2) is 9.97 Å². The molecule has 1 aromatic heterocycles. The van der Waals surface area contributed by atoms with Crippen LogP contribution in [0.15, 0.2) is 18.2 Å². The van der Waals surface area contributed by atoms with Crippen molar-refractivity contribution in [1.82, 2.24) is 19.8 Å². The monoisotopic (exact) mass is 448 g/mol. The number of amides is 1. The van der Waals surface area contributed by atoms with Gasteiger partial charge in [-0.1, -0.05) is 12.1 Å². The molecular weight excluding hydrogens is 412 g/mol. The molecule has 3 aliphatic heterocycles. The Kier molecular flexibility index (Phi) is 6.23. The Labute approximate surface area is 197 Å². The lowest BCUT2D eigenvalue weighted by atomic mass is 9.96. The Morgan fingerprint density at radius 1 is 1.15 bits per heavy atom. The van der Waals surface area contributed by atoms with Gasteiger partial charge >= 0.3 is 0 Å². The number of hydrogen-bond donors (Lipinski definition) is 1. The predicted molar refractivity (Wildman–Crippen MR) is 132 cm³/mol. The molecule has 4 heterocycles. The van der Waals surface area contributed by atoms with Crippen LogP contribution in [0.5, 0.6) is 0 Å². The Morgan fingerprint density at radius 2 is 2.03 bits per heavy atom. The van der Waals surface area contributed by atoms with Crippen molar-refractivity contribution in [3.63, 3.8) is 0 Å². The first kappa shape index (κ1) is 22.1. The summed E-state index contributed by atoms with van der Waals surface area (Å²) in [6, 6.07) is 6.99. The lowest BCUT2D eigenvalue weighted by Crippen LogP contribution is -2.38. The largest absolute Gasteiger partial charge is 0.374 e. The van der Waals surface area contributed by atoms with Gasteiger partial charge in [-0.15, -0.1) is 0 Å². The molecule has 5 rings (SSSR count). The lowest BCUT2D eigenvalue weighted by Gasteiger charge is -2.33. The van der Waals surface area contributed by atoms with Gasteiger partial charge in [0.05, 0.1) is 5.69 Å². The third-order valence-electron chi connectivity index (χ3n) is 7.53. The second kappa shape index (κ2) is 9.29. The Balaban J connectivity index is 1.35. The van der Waals surface area contributed by atoms with Crippen LogP contribution in [0, 0.1) is 0 Å². The summed E-state index contributed by atoms with van der Waals surface area (Å²) in [5.41, 5.74) is 6.65. The summed E-state index contributed by atoms with van der Waals surface area (Å²) in [6.07, 6.45) is 5.43. The highest BCUT2D eigenvalue weighted by Crippen LogP contribution is 2.31. The zero-order chi connectivity index (χ0) is 22.9. The molecule has 176 valence electrons. The number of anilines is 2. The fourth-order valence-corrected chi connectivity index (χ4v) is 5.70. The summed E-state index contributed by atoms with van der Waals surface area (Å²) in [7, 11) is 4.14. The zero-order valence-corrected chi connectivity index (χ0v) is 20.2. The van der Waals surface area contributed by atoms with E-state index >= 15 is 0 Å². The van der Waals surface area contributed by atoms with E-state index in [2.05, 4.69) is 40.4 Å². The van der Waals surface area contributed by atoms with Crippen molar-refractivity contribution < 1.29 is 4.79 Å². The number of nitrogens with one attached hydrogen (secondary N) is 1. The molecule has 1 unspecified atom stereocenters. The number of carbonyl (C=O) groups excluding carboxylic acids is 1. The van der Waals surface area contributed by atoms with Crippen LogP contribution in [-0.4, -0.2) is 65.9 Å². The number of aryl methyl sites for hydroxylation is 1. The molecule has 1 fully saturated rings. The molecule has 7 heteroatoms. The van der Waals surface area contributed by atoms with Crippen molar-refractivity contribution in [3.8, 4) is 0 Å². The summed E-state index contributed by atoms with van der Waals surface area (Å²) in [4.78, 5) is 28.7. The zero-order valence-electron chi connectivity index (χ0n) is 20.2. The fourth-order valence-electron chi connectivity index (χ4n) is 5.70. The highest BCUT2D eigenvalue weighted by atomic mass is 16.2. The van der Waals surface area contributed by atoms with Crippen molar-refractivity contribution in [2.24, 2.45) is 0 Å². The number of hydrogen-bond acceptors (Lipinski definition) is 6. The number of carbonyl (C=O) groups is 1. The van der Waals surface area contributed by atoms with Crippen LogP contribution in [0.25, 0.3) is 0 Å². The number of aromatic nitrogens is 2. The smallest absolute Gasteiger partial charge is 0.219 e. The van der Waals surface area contributed by atoms with Gasteiger partial charge in [0.15, 0.2) is 0 Å². The SMILES string of the molecule is CNc1nc(C2CCCN(C(C)=O)C2)nc2c1CCN(Cc1ccc3c(c1)CCCN3C)C2. The molecule has 33 heavy (non-hydrogen) atoms.